The zero-order valence-corrected chi connectivity index (χ0v) is 14.2. The SMILES string of the molecule is CCCCCCCC/C(C)=C(/C)[Se]CCCC. The van der Waals surface area contributed by atoms with Crippen molar-refractivity contribution in [3.05, 3.63) is 10.0 Å². The number of hydrogen-bond acceptors (Lipinski definition) is 0. The number of unbranched alkanes of at least 4 members (excludes halogenated alkanes) is 6. The first-order valence-corrected chi connectivity index (χ1v) is 9.58. The molecule has 0 aromatic rings. The Kier molecular flexibility index (Phi) is 12.9. The van der Waals surface area contributed by atoms with Crippen molar-refractivity contribution in [1.29, 1.82) is 0 Å². The van der Waals surface area contributed by atoms with Gasteiger partial charge in [0.25, 0.3) is 0 Å². The maximum atomic E-state index is 2.36. The summed E-state index contributed by atoms with van der Waals surface area (Å²) in [5.74, 6) is 0. The molecule has 0 nitrogen and oxygen atoms in total. The molecule has 0 bridgehead atoms. The molecule has 0 unspecified atom stereocenters. The summed E-state index contributed by atoms with van der Waals surface area (Å²) in [6.45, 7) is 9.30. The predicted octanol–water partition coefficient (Wildman–Crippen LogP) is 5.95. The summed E-state index contributed by atoms with van der Waals surface area (Å²) in [5.41, 5.74) is 1.69. The third-order valence-corrected chi connectivity index (χ3v) is 6.00. The fourth-order valence-electron chi connectivity index (χ4n) is 1.84. The molecule has 0 aliphatic heterocycles. The standard InChI is InChI=1S/C16H32Se/c1-5-7-9-10-11-12-13-15(3)16(4)17-14-8-6-2/h5-14H2,1-4H3/b16-15-. The summed E-state index contributed by atoms with van der Waals surface area (Å²) in [7, 11) is 0. The minimum absolute atomic E-state index is 0.780. The monoisotopic (exact) mass is 304 g/mol. The van der Waals surface area contributed by atoms with Crippen molar-refractivity contribution in [2.75, 3.05) is 0 Å². The van der Waals surface area contributed by atoms with Gasteiger partial charge in [0, 0.05) is 0 Å². The summed E-state index contributed by atoms with van der Waals surface area (Å²) >= 11 is 0.780. The van der Waals surface area contributed by atoms with Crippen LogP contribution < -0.4 is 0 Å². The van der Waals surface area contributed by atoms with E-state index in [1.165, 1.54) is 63.1 Å². The van der Waals surface area contributed by atoms with Crippen LogP contribution in [0.2, 0.25) is 5.32 Å². The Labute approximate surface area is 116 Å². The quantitative estimate of drug-likeness (QED) is 0.326. The van der Waals surface area contributed by atoms with Crippen LogP contribution in [0.1, 0.15) is 85.5 Å². The summed E-state index contributed by atoms with van der Waals surface area (Å²) in [5, 5.41) is 1.45. The average molecular weight is 303 g/mol. The van der Waals surface area contributed by atoms with Gasteiger partial charge in [-0.2, -0.15) is 0 Å². The van der Waals surface area contributed by atoms with Gasteiger partial charge in [-0.15, -0.1) is 0 Å². The van der Waals surface area contributed by atoms with Crippen LogP contribution in [0.25, 0.3) is 0 Å². The van der Waals surface area contributed by atoms with Gasteiger partial charge in [0.1, 0.15) is 0 Å². The van der Waals surface area contributed by atoms with Gasteiger partial charge in [0.05, 0.1) is 0 Å². The van der Waals surface area contributed by atoms with E-state index >= 15 is 0 Å². The first-order valence-electron chi connectivity index (χ1n) is 7.51. The van der Waals surface area contributed by atoms with E-state index < -0.39 is 0 Å². The fraction of sp³-hybridized carbons (Fsp3) is 0.875. The third kappa shape index (κ3) is 11.1. The molecule has 0 saturated heterocycles. The molecule has 0 aromatic carbocycles. The summed E-state index contributed by atoms with van der Waals surface area (Å²) in [4.78, 5) is 0. The molecule has 102 valence electrons. The van der Waals surface area contributed by atoms with E-state index in [0.29, 0.717) is 0 Å². The van der Waals surface area contributed by atoms with E-state index in [9.17, 15) is 0 Å². The van der Waals surface area contributed by atoms with Gasteiger partial charge < -0.3 is 0 Å². The van der Waals surface area contributed by atoms with Crippen molar-refractivity contribution in [2.45, 2.75) is 90.8 Å². The molecular weight excluding hydrogens is 271 g/mol. The molecule has 0 atom stereocenters. The Hall–Kier alpha value is 0.259. The number of allylic oxidation sites excluding steroid dienone is 2. The number of hydrogen-bond donors (Lipinski definition) is 0. The normalized spacial score (nSPS) is 12.7. The molecular formula is C16H32Se. The molecule has 1 heteroatoms. The summed E-state index contributed by atoms with van der Waals surface area (Å²) in [6, 6.07) is 0. The van der Waals surface area contributed by atoms with E-state index in [1.54, 1.807) is 10.0 Å². The molecule has 17 heavy (non-hydrogen) atoms. The van der Waals surface area contributed by atoms with Gasteiger partial charge in [-0.3, -0.25) is 0 Å². The molecule has 0 radical (unpaired) electrons. The van der Waals surface area contributed by atoms with Crippen LogP contribution in [0.15, 0.2) is 10.0 Å². The van der Waals surface area contributed by atoms with Crippen LogP contribution in [0.5, 0.6) is 0 Å². The maximum absolute atomic E-state index is 2.36. The summed E-state index contributed by atoms with van der Waals surface area (Å²) in [6.07, 6.45) is 12.6. The Morgan fingerprint density at radius 2 is 1.35 bits per heavy atom. The first-order chi connectivity index (χ1) is 8.22. The summed E-state index contributed by atoms with van der Waals surface area (Å²) < 4.78 is 1.72. The second kappa shape index (κ2) is 12.7. The third-order valence-electron chi connectivity index (χ3n) is 3.32. The van der Waals surface area contributed by atoms with Crippen LogP contribution in [0.3, 0.4) is 0 Å². The van der Waals surface area contributed by atoms with Crippen molar-refractivity contribution >= 4 is 15.0 Å². The van der Waals surface area contributed by atoms with E-state index in [-0.39, 0.29) is 0 Å². The van der Waals surface area contributed by atoms with Gasteiger partial charge >= 0.3 is 116 Å². The zero-order valence-electron chi connectivity index (χ0n) is 12.5. The molecule has 0 saturated carbocycles. The minimum atomic E-state index is 0.780. The van der Waals surface area contributed by atoms with Crippen molar-refractivity contribution in [1.82, 2.24) is 0 Å². The second-order valence-electron chi connectivity index (χ2n) is 5.06. The van der Waals surface area contributed by atoms with Crippen LogP contribution in [0, 0.1) is 0 Å². The van der Waals surface area contributed by atoms with Gasteiger partial charge in [0.15, 0.2) is 0 Å². The van der Waals surface area contributed by atoms with E-state index in [4.69, 9.17) is 0 Å². The van der Waals surface area contributed by atoms with Gasteiger partial charge in [-0.1, -0.05) is 0 Å². The average Bonchev–Trinajstić information content (AvgIpc) is 2.33. The molecule has 0 spiro atoms. The van der Waals surface area contributed by atoms with Crippen molar-refractivity contribution in [2.24, 2.45) is 0 Å². The van der Waals surface area contributed by atoms with Crippen LogP contribution in [-0.4, -0.2) is 15.0 Å². The Morgan fingerprint density at radius 3 is 2.00 bits per heavy atom. The molecule has 0 N–H and O–H groups in total. The van der Waals surface area contributed by atoms with Gasteiger partial charge in [0.2, 0.25) is 0 Å². The second-order valence-corrected chi connectivity index (χ2v) is 7.80. The molecule has 0 aliphatic carbocycles. The van der Waals surface area contributed by atoms with E-state index in [2.05, 4.69) is 27.7 Å². The molecule has 0 aromatic heterocycles. The van der Waals surface area contributed by atoms with Crippen molar-refractivity contribution < 1.29 is 0 Å². The Bertz CT molecular complexity index is 194. The number of rotatable bonds is 11. The molecule has 0 heterocycles. The van der Waals surface area contributed by atoms with Crippen LogP contribution in [0.4, 0.5) is 0 Å². The van der Waals surface area contributed by atoms with Crippen molar-refractivity contribution in [3.63, 3.8) is 0 Å². The van der Waals surface area contributed by atoms with E-state index in [0.717, 1.165) is 15.0 Å². The Balaban J connectivity index is 3.53. The molecule has 0 rings (SSSR count). The first kappa shape index (κ1) is 17.3. The predicted molar refractivity (Wildman–Crippen MR) is 81.8 cm³/mol. The topological polar surface area (TPSA) is 0 Å². The van der Waals surface area contributed by atoms with Gasteiger partial charge in [-0.05, 0) is 0 Å². The molecule has 0 fully saturated rings. The van der Waals surface area contributed by atoms with Crippen LogP contribution >= 0.6 is 0 Å². The fourth-order valence-corrected chi connectivity index (χ4v) is 4.12. The molecule has 0 aliphatic rings. The van der Waals surface area contributed by atoms with E-state index in [1.807, 2.05) is 0 Å². The van der Waals surface area contributed by atoms with Crippen LogP contribution in [-0.2, 0) is 0 Å². The Morgan fingerprint density at radius 1 is 0.765 bits per heavy atom. The van der Waals surface area contributed by atoms with Crippen molar-refractivity contribution in [3.8, 4) is 0 Å². The zero-order chi connectivity index (χ0) is 12.9. The van der Waals surface area contributed by atoms with Gasteiger partial charge in [-0.25, -0.2) is 0 Å². The molecule has 0 amide bonds.